The van der Waals surface area contributed by atoms with Crippen molar-refractivity contribution in [1.29, 1.82) is 0 Å². The van der Waals surface area contributed by atoms with Gasteiger partial charge in [-0.25, -0.2) is 0 Å². The molecule has 0 unspecified atom stereocenters. The molecule has 3 heteroatoms. The zero-order chi connectivity index (χ0) is 13.8. The van der Waals surface area contributed by atoms with E-state index < -0.39 is 0 Å². The Balaban J connectivity index is 1.57. The van der Waals surface area contributed by atoms with Crippen molar-refractivity contribution in [3.63, 3.8) is 0 Å². The number of benzene rings is 2. The maximum Gasteiger partial charge on any atom is 0.122 e. The lowest BCUT2D eigenvalue weighted by Crippen LogP contribution is -2.38. The highest BCUT2D eigenvalue weighted by atomic mass is 32.2. The Labute approximate surface area is 124 Å². The summed E-state index contributed by atoms with van der Waals surface area (Å²) in [6.07, 6.45) is 3.14. The van der Waals surface area contributed by atoms with Gasteiger partial charge >= 0.3 is 0 Å². The van der Waals surface area contributed by atoms with Gasteiger partial charge in [-0.1, -0.05) is 30.3 Å². The van der Waals surface area contributed by atoms with Crippen LogP contribution in [-0.4, -0.2) is 18.9 Å². The van der Waals surface area contributed by atoms with Gasteiger partial charge in [0.05, 0.1) is 0 Å². The number of ether oxygens (including phenoxy) is 1. The molecule has 1 atom stereocenters. The molecule has 1 aliphatic rings. The predicted molar refractivity (Wildman–Crippen MR) is 84.5 cm³/mol. The summed E-state index contributed by atoms with van der Waals surface area (Å²) in [5, 5.41) is 3.58. The number of thioether (sulfide) groups is 1. The fourth-order valence-electron chi connectivity index (χ4n) is 2.46. The van der Waals surface area contributed by atoms with Crippen molar-refractivity contribution < 1.29 is 4.74 Å². The van der Waals surface area contributed by atoms with E-state index in [1.165, 1.54) is 16.0 Å². The third-order valence-electron chi connectivity index (χ3n) is 3.63. The van der Waals surface area contributed by atoms with Crippen molar-refractivity contribution in [3.05, 3.63) is 59.7 Å². The molecule has 0 saturated carbocycles. The Hall–Kier alpha value is -1.45. The maximum absolute atomic E-state index is 5.80. The van der Waals surface area contributed by atoms with Crippen LogP contribution in [0.1, 0.15) is 11.1 Å². The van der Waals surface area contributed by atoms with E-state index in [4.69, 9.17) is 4.74 Å². The molecule has 20 heavy (non-hydrogen) atoms. The van der Waals surface area contributed by atoms with Crippen molar-refractivity contribution in [3.8, 4) is 5.75 Å². The average molecular weight is 285 g/mol. The van der Waals surface area contributed by atoms with Crippen LogP contribution in [0.4, 0.5) is 0 Å². The van der Waals surface area contributed by atoms with Crippen molar-refractivity contribution in [2.75, 3.05) is 12.9 Å². The molecule has 2 nitrogen and oxygen atoms in total. The molecule has 0 saturated heterocycles. The number of para-hydroxylation sites is 1. The number of hydrogen-bond acceptors (Lipinski definition) is 3. The largest absolute Gasteiger partial charge is 0.492 e. The summed E-state index contributed by atoms with van der Waals surface area (Å²) < 4.78 is 5.80. The fraction of sp³-hybridized carbons (Fsp3) is 0.294. The van der Waals surface area contributed by atoms with Gasteiger partial charge in [-0.05, 0) is 42.0 Å². The summed E-state index contributed by atoms with van der Waals surface area (Å²) in [6, 6.07) is 17.4. The molecule has 0 aromatic heterocycles. The summed E-state index contributed by atoms with van der Waals surface area (Å²) in [4.78, 5) is 1.31. The minimum atomic E-state index is 0.394. The van der Waals surface area contributed by atoms with E-state index in [0.717, 1.165) is 25.3 Å². The summed E-state index contributed by atoms with van der Waals surface area (Å²) in [5.41, 5.74) is 2.62. The first-order chi connectivity index (χ1) is 9.85. The van der Waals surface area contributed by atoms with E-state index in [2.05, 4.69) is 48.0 Å². The summed E-state index contributed by atoms with van der Waals surface area (Å²) >= 11 is 1.78. The molecular weight excluding hydrogens is 266 g/mol. The van der Waals surface area contributed by atoms with Gasteiger partial charge in [-0.2, -0.15) is 0 Å². The van der Waals surface area contributed by atoms with E-state index in [-0.39, 0.29) is 0 Å². The molecule has 2 aromatic carbocycles. The minimum Gasteiger partial charge on any atom is -0.492 e. The second kappa shape index (κ2) is 6.33. The minimum absolute atomic E-state index is 0.394. The van der Waals surface area contributed by atoms with E-state index in [9.17, 15) is 0 Å². The molecule has 2 aromatic rings. The smallest absolute Gasteiger partial charge is 0.122 e. The van der Waals surface area contributed by atoms with Gasteiger partial charge in [0, 0.05) is 17.5 Å². The Morgan fingerprint density at radius 2 is 1.95 bits per heavy atom. The summed E-state index contributed by atoms with van der Waals surface area (Å²) in [7, 11) is 0. The van der Waals surface area contributed by atoms with Gasteiger partial charge in [-0.3, -0.25) is 0 Å². The molecule has 1 aliphatic heterocycles. The van der Waals surface area contributed by atoms with Crippen molar-refractivity contribution >= 4 is 11.8 Å². The third kappa shape index (κ3) is 3.17. The molecule has 3 rings (SSSR count). The molecule has 0 radical (unpaired) electrons. The molecule has 1 N–H and O–H groups in total. The van der Waals surface area contributed by atoms with E-state index >= 15 is 0 Å². The topological polar surface area (TPSA) is 21.3 Å². The predicted octanol–water partition coefficient (Wildman–Crippen LogP) is 3.50. The number of fused-ring (bicyclic) bond motifs is 1. The SMILES string of the molecule is CSc1ccc(CN[C@H]2COc3ccccc3C2)cc1. The van der Waals surface area contributed by atoms with Gasteiger partial charge < -0.3 is 10.1 Å². The van der Waals surface area contributed by atoms with Crippen LogP contribution in [-0.2, 0) is 13.0 Å². The molecule has 1 heterocycles. The van der Waals surface area contributed by atoms with Crippen molar-refractivity contribution in [2.24, 2.45) is 0 Å². The molecule has 0 amide bonds. The Kier molecular flexibility index (Phi) is 4.28. The molecular formula is C17H19NOS. The third-order valence-corrected chi connectivity index (χ3v) is 4.38. The number of hydrogen-bond donors (Lipinski definition) is 1. The molecule has 0 aliphatic carbocycles. The Morgan fingerprint density at radius 3 is 2.75 bits per heavy atom. The van der Waals surface area contributed by atoms with Crippen LogP contribution in [0, 0.1) is 0 Å². The van der Waals surface area contributed by atoms with Gasteiger partial charge in [0.25, 0.3) is 0 Å². The standard InChI is InChI=1S/C17H19NOS/c1-20-16-8-6-13(7-9-16)11-18-15-10-14-4-2-3-5-17(14)19-12-15/h2-9,15,18H,10-12H2,1H3/t15-/m1/s1. The van der Waals surface area contributed by atoms with Crippen LogP contribution < -0.4 is 10.1 Å². The first-order valence-corrected chi connectivity index (χ1v) is 8.14. The van der Waals surface area contributed by atoms with Crippen LogP contribution >= 0.6 is 11.8 Å². The summed E-state index contributed by atoms with van der Waals surface area (Å²) in [6.45, 7) is 1.64. The van der Waals surface area contributed by atoms with E-state index in [0.29, 0.717) is 6.04 Å². The highest BCUT2D eigenvalue weighted by Gasteiger charge is 2.18. The van der Waals surface area contributed by atoms with Crippen LogP contribution in [0.2, 0.25) is 0 Å². The summed E-state index contributed by atoms with van der Waals surface area (Å²) in [5.74, 6) is 1.04. The van der Waals surface area contributed by atoms with Gasteiger partial charge in [-0.15, -0.1) is 11.8 Å². The second-order valence-electron chi connectivity index (χ2n) is 5.05. The van der Waals surface area contributed by atoms with Crippen molar-refractivity contribution in [2.45, 2.75) is 23.9 Å². The van der Waals surface area contributed by atoms with Gasteiger partial charge in [0.1, 0.15) is 12.4 Å². The quantitative estimate of drug-likeness (QED) is 0.869. The van der Waals surface area contributed by atoms with E-state index in [1.54, 1.807) is 11.8 Å². The van der Waals surface area contributed by atoms with E-state index in [1.807, 2.05) is 12.1 Å². The first-order valence-electron chi connectivity index (χ1n) is 6.92. The lowest BCUT2D eigenvalue weighted by atomic mass is 10.0. The normalized spacial score (nSPS) is 17.4. The number of nitrogens with one attached hydrogen (secondary N) is 1. The molecule has 0 fully saturated rings. The highest BCUT2D eigenvalue weighted by molar-refractivity contribution is 7.98. The zero-order valence-electron chi connectivity index (χ0n) is 11.6. The van der Waals surface area contributed by atoms with Crippen molar-refractivity contribution in [1.82, 2.24) is 5.32 Å². The fourth-order valence-corrected chi connectivity index (χ4v) is 2.87. The lowest BCUT2D eigenvalue weighted by molar-refractivity contribution is 0.238. The monoisotopic (exact) mass is 285 g/mol. The van der Waals surface area contributed by atoms with Crippen LogP contribution in [0.15, 0.2) is 53.4 Å². The molecule has 0 spiro atoms. The molecule has 104 valence electrons. The first kappa shape index (κ1) is 13.5. The van der Waals surface area contributed by atoms with Gasteiger partial charge in [0.15, 0.2) is 0 Å². The van der Waals surface area contributed by atoms with Crippen LogP contribution in [0.3, 0.4) is 0 Å². The highest BCUT2D eigenvalue weighted by Crippen LogP contribution is 2.24. The van der Waals surface area contributed by atoms with Crippen LogP contribution in [0.5, 0.6) is 5.75 Å². The maximum atomic E-state index is 5.80. The zero-order valence-corrected chi connectivity index (χ0v) is 12.5. The molecule has 0 bridgehead atoms. The Bertz CT molecular complexity index is 567. The Morgan fingerprint density at radius 1 is 1.15 bits per heavy atom. The van der Waals surface area contributed by atoms with Crippen LogP contribution in [0.25, 0.3) is 0 Å². The second-order valence-corrected chi connectivity index (χ2v) is 5.93. The number of rotatable bonds is 4. The lowest BCUT2D eigenvalue weighted by Gasteiger charge is -2.26. The van der Waals surface area contributed by atoms with Gasteiger partial charge in [0.2, 0.25) is 0 Å². The average Bonchev–Trinajstić information content (AvgIpc) is 2.53.